The SMILES string of the molecule is [2H]c1c([2H])c([2H])c(C2=NC(O)C(=O)N(CC3CC3)c3ccc(Cl)cc32)c([2H])c1[2H]. The molecular formula is C19H17ClN2O2. The fourth-order valence-electron chi connectivity index (χ4n) is 2.75. The molecule has 2 aromatic rings. The van der Waals surface area contributed by atoms with Crippen LogP contribution in [0.4, 0.5) is 5.69 Å². The topological polar surface area (TPSA) is 52.9 Å². The molecule has 0 radical (unpaired) electrons. The van der Waals surface area contributed by atoms with Crippen LogP contribution in [0.25, 0.3) is 0 Å². The van der Waals surface area contributed by atoms with Crippen LogP contribution in [-0.4, -0.2) is 29.5 Å². The molecule has 122 valence electrons. The van der Waals surface area contributed by atoms with Crippen molar-refractivity contribution in [2.75, 3.05) is 11.4 Å². The van der Waals surface area contributed by atoms with E-state index in [1.54, 1.807) is 12.1 Å². The number of aliphatic hydroxyl groups is 1. The van der Waals surface area contributed by atoms with E-state index < -0.39 is 42.3 Å². The van der Waals surface area contributed by atoms with Crippen molar-refractivity contribution in [3.63, 3.8) is 0 Å². The molecule has 1 saturated carbocycles. The second-order valence-corrected chi connectivity index (χ2v) is 6.34. The third-order valence-corrected chi connectivity index (χ3v) is 4.35. The summed E-state index contributed by atoms with van der Waals surface area (Å²) in [5.74, 6) is -0.292. The van der Waals surface area contributed by atoms with Gasteiger partial charge in [-0.15, -0.1) is 0 Å². The van der Waals surface area contributed by atoms with Gasteiger partial charge in [-0.2, -0.15) is 0 Å². The Morgan fingerprint density at radius 2 is 2.04 bits per heavy atom. The second-order valence-electron chi connectivity index (χ2n) is 5.91. The van der Waals surface area contributed by atoms with Gasteiger partial charge in [-0.3, -0.25) is 4.79 Å². The number of benzodiazepines with no additional fused rings is 1. The van der Waals surface area contributed by atoms with Crippen LogP contribution >= 0.6 is 11.6 Å². The Morgan fingerprint density at radius 3 is 2.75 bits per heavy atom. The van der Waals surface area contributed by atoms with E-state index in [-0.39, 0.29) is 11.3 Å². The summed E-state index contributed by atoms with van der Waals surface area (Å²) in [6, 6.07) is 2.26. The maximum Gasteiger partial charge on any atom is 0.278 e. The fraction of sp³-hybridized carbons (Fsp3) is 0.263. The number of aliphatic imine (C=N–C) groups is 1. The van der Waals surface area contributed by atoms with Gasteiger partial charge in [-0.1, -0.05) is 41.8 Å². The number of amides is 1. The summed E-state index contributed by atoms with van der Waals surface area (Å²) in [4.78, 5) is 18.3. The zero-order valence-corrected chi connectivity index (χ0v) is 13.4. The number of halogens is 1. The lowest BCUT2D eigenvalue weighted by Crippen LogP contribution is -2.39. The molecule has 5 heteroatoms. The standard InChI is InChI=1S/C19H17ClN2O2/c20-14-8-9-16-15(10-14)17(13-4-2-1-3-5-13)21-18(23)19(24)22(16)11-12-6-7-12/h1-5,8-10,12,18,23H,6-7,11H2/i1D,2D,3D,4D,5D. The minimum atomic E-state index is -1.76. The summed E-state index contributed by atoms with van der Waals surface area (Å²) >= 11 is 6.17. The van der Waals surface area contributed by atoms with Crippen molar-refractivity contribution < 1.29 is 16.8 Å². The summed E-state index contributed by atoms with van der Waals surface area (Å²) in [6.07, 6.45) is 0.215. The fourth-order valence-corrected chi connectivity index (χ4v) is 2.93. The van der Waals surface area contributed by atoms with Crippen LogP contribution in [0.1, 0.15) is 30.8 Å². The van der Waals surface area contributed by atoms with Gasteiger partial charge >= 0.3 is 0 Å². The molecule has 0 saturated heterocycles. The van der Waals surface area contributed by atoms with Gasteiger partial charge in [0.1, 0.15) is 0 Å². The normalized spacial score (nSPS) is 23.3. The predicted octanol–water partition coefficient (Wildman–Crippen LogP) is 3.25. The van der Waals surface area contributed by atoms with Gasteiger partial charge < -0.3 is 10.0 Å². The Hall–Kier alpha value is -2.17. The van der Waals surface area contributed by atoms with E-state index in [0.29, 0.717) is 28.7 Å². The molecule has 1 fully saturated rings. The maximum atomic E-state index is 12.8. The van der Waals surface area contributed by atoms with Crippen molar-refractivity contribution in [1.82, 2.24) is 0 Å². The lowest BCUT2D eigenvalue weighted by Gasteiger charge is -2.24. The van der Waals surface area contributed by atoms with E-state index in [4.69, 9.17) is 18.5 Å². The lowest BCUT2D eigenvalue weighted by atomic mass is 10.00. The van der Waals surface area contributed by atoms with Gasteiger partial charge in [-0.25, -0.2) is 4.99 Å². The zero-order valence-electron chi connectivity index (χ0n) is 17.6. The molecule has 1 atom stereocenters. The lowest BCUT2D eigenvalue weighted by molar-refractivity contribution is -0.126. The Balaban J connectivity index is 2.00. The molecule has 2 aromatic carbocycles. The molecule has 1 unspecified atom stereocenters. The van der Waals surface area contributed by atoms with Crippen molar-refractivity contribution >= 4 is 28.9 Å². The third kappa shape index (κ3) is 2.83. The predicted molar refractivity (Wildman–Crippen MR) is 94.6 cm³/mol. The molecule has 1 N–H and O–H groups in total. The van der Waals surface area contributed by atoms with E-state index in [1.807, 2.05) is 0 Å². The van der Waals surface area contributed by atoms with Gasteiger partial charge in [-0.05, 0) is 37.0 Å². The summed E-state index contributed by atoms with van der Waals surface area (Å²) in [5, 5.41) is 10.8. The molecule has 1 aliphatic heterocycles. The van der Waals surface area contributed by atoms with E-state index in [0.717, 1.165) is 12.8 Å². The molecule has 0 aromatic heterocycles. The van der Waals surface area contributed by atoms with Crippen LogP contribution < -0.4 is 4.90 Å². The Kier molecular flexibility index (Phi) is 2.68. The number of nitrogens with zero attached hydrogens (tertiary/aromatic N) is 2. The number of rotatable bonds is 3. The maximum absolute atomic E-state index is 12.8. The van der Waals surface area contributed by atoms with Crippen molar-refractivity contribution in [3.05, 3.63) is 64.6 Å². The number of aliphatic hydroxyl groups excluding tert-OH is 1. The highest BCUT2D eigenvalue weighted by atomic mass is 35.5. The number of fused-ring (bicyclic) bond motifs is 1. The van der Waals surface area contributed by atoms with Crippen LogP contribution in [-0.2, 0) is 4.79 Å². The van der Waals surface area contributed by atoms with Gasteiger partial charge in [0.2, 0.25) is 6.23 Å². The first-order chi connectivity index (χ1) is 13.7. The Morgan fingerprint density at radius 1 is 1.29 bits per heavy atom. The molecule has 0 spiro atoms. The molecular weight excluding hydrogens is 324 g/mol. The minimum Gasteiger partial charge on any atom is -0.364 e. The van der Waals surface area contributed by atoms with Gasteiger partial charge in [0.05, 0.1) is 18.3 Å². The number of carbonyl (C=O) groups is 1. The number of benzene rings is 2. The van der Waals surface area contributed by atoms with Gasteiger partial charge in [0.25, 0.3) is 5.91 Å². The number of hydrogen-bond acceptors (Lipinski definition) is 3. The molecule has 1 heterocycles. The van der Waals surface area contributed by atoms with Gasteiger partial charge in [0, 0.05) is 22.7 Å². The highest BCUT2D eigenvalue weighted by molar-refractivity contribution is 6.32. The third-order valence-electron chi connectivity index (χ3n) is 4.12. The van der Waals surface area contributed by atoms with E-state index >= 15 is 0 Å². The first-order valence-corrected chi connectivity index (χ1v) is 8.03. The molecule has 2 aliphatic rings. The number of carbonyl (C=O) groups excluding carboxylic acids is 1. The van der Waals surface area contributed by atoms with Crippen molar-refractivity contribution in [1.29, 1.82) is 0 Å². The van der Waals surface area contributed by atoms with Crippen LogP contribution in [0.5, 0.6) is 0 Å². The largest absolute Gasteiger partial charge is 0.364 e. The monoisotopic (exact) mass is 345 g/mol. The van der Waals surface area contributed by atoms with Gasteiger partial charge in [0.15, 0.2) is 0 Å². The van der Waals surface area contributed by atoms with Crippen molar-refractivity contribution in [2.24, 2.45) is 10.9 Å². The quantitative estimate of drug-likeness (QED) is 0.928. The molecule has 24 heavy (non-hydrogen) atoms. The van der Waals surface area contributed by atoms with E-state index in [9.17, 15) is 9.90 Å². The second kappa shape index (κ2) is 6.04. The summed E-state index contributed by atoms with van der Waals surface area (Å²) in [5.41, 5.74) is 0.535. The van der Waals surface area contributed by atoms with Crippen LogP contribution in [0.3, 0.4) is 0 Å². The summed E-state index contributed by atoms with van der Waals surface area (Å²) in [6.45, 7) is 0.411. The number of hydrogen-bond donors (Lipinski definition) is 1. The number of anilines is 1. The summed E-state index contributed by atoms with van der Waals surface area (Å²) in [7, 11) is 0. The average molecular weight is 346 g/mol. The molecule has 0 bridgehead atoms. The Labute approximate surface area is 152 Å². The summed E-state index contributed by atoms with van der Waals surface area (Å²) < 4.78 is 40.2. The van der Waals surface area contributed by atoms with Crippen LogP contribution in [0.15, 0.2) is 53.4 Å². The first-order valence-electron chi connectivity index (χ1n) is 10.1. The van der Waals surface area contributed by atoms with E-state index in [1.165, 1.54) is 11.0 Å². The van der Waals surface area contributed by atoms with Crippen LogP contribution in [0.2, 0.25) is 5.02 Å². The molecule has 1 aliphatic carbocycles. The van der Waals surface area contributed by atoms with Crippen molar-refractivity contribution in [3.8, 4) is 0 Å². The Bertz CT molecular complexity index is 1040. The highest BCUT2D eigenvalue weighted by Gasteiger charge is 2.34. The van der Waals surface area contributed by atoms with Crippen LogP contribution in [0, 0.1) is 5.92 Å². The zero-order chi connectivity index (χ0) is 21.0. The highest BCUT2D eigenvalue weighted by Crippen LogP contribution is 2.35. The van der Waals surface area contributed by atoms with Crippen molar-refractivity contribution in [2.45, 2.75) is 19.1 Å². The minimum absolute atomic E-state index is 0.0568. The van der Waals surface area contributed by atoms with E-state index in [2.05, 4.69) is 4.99 Å². The molecule has 4 rings (SSSR count). The average Bonchev–Trinajstić information content (AvgIpc) is 3.52. The molecule has 1 amide bonds. The smallest absolute Gasteiger partial charge is 0.278 e. The first kappa shape index (κ1) is 10.6. The molecule has 4 nitrogen and oxygen atoms in total.